The molecule has 30 heavy (non-hydrogen) atoms. The van der Waals surface area contributed by atoms with Crippen LogP contribution in [0.15, 0.2) is 48.5 Å². The van der Waals surface area contributed by atoms with Crippen molar-refractivity contribution < 1.29 is 23.9 Å². The normalized spacial score (nSPS) is 21.3. The fourth-order valence-corrected chi connectivity index (χ4v) is 4.49. The number of likely N-dealkylation sites (tertiary alicyclic amines) is 1. The third-order valence-electron chi connectivity index (χ3n) is 5.89. The summed E-state index contributed by atoms with van der Waals surface area (Å²) < 4.78 is 13.8. The van der Waals surface area contributed by atoms with E-state index in [2.05, 4.69) is 0 Å². The Bertz CT molecular complexity index is 995. The second-order valence-electron chi connectivity index (χ2n) is 8.36. The minimum absolute atomic E-state index is 0.275. The molecular formula is C23H23FN2O4. The lowest BCUT2D eigenvalue weighted by Crippen LogP contribution is -2.52. The van der Waals surface area contributed by atoms with Crippen LogP contribution in [0.3, 0.4) is 0 Å². The van der Waals surface area contributed by atoms with Crippen LogP contribution in [0.25, 0.3) is 0 Å². The average Bonchev–Trinajstić information content (AvgIpc) is 3.25. The summed E-state index contributed by atoms with van der Waals surface area (Å²) in [6, 6.07) is 11.5. The number of hydrogen-bond donors (Lipinski definition) is 1. The Morgan fingerprint density at radius 3 is 2.27 bits per heavy atom. The molecule has 6 nitrogen and oxygen atoms in total. The zero-order chi connectivity index (χ0) is 21.6. The maximum absolute atomic E-state index is 13.8. The van der Waals surface area contributed by atoms with E-state index in [1.54, 1.807) is 50.2 Å². The first-order valence-electron chi connectivity index (χ1n) is 9.92. The van der Waals surface area contributed by atoms with Crippen molar-refractivity contribution in [1.29, 1.82) is 0 Å². The van der Waals surface area contributed by atoms with Gasteiger partial charge >= 0.3 is 0 Å². The minimum Gasteiger partial charge on any atom is -0.388 e. The number of rotatable bonds is 4. The van der Waals surface area contributed by atoms with Gasteiger partial charge in [0.25, 0.3) is 11.8 Å². The highest BCUT2D eigenvalue weighted by Crippen LogP contribution is 2.40. The van der Waals surface area contributed by atoms with Gasteiger partial charge in [-0.05, 0) is 56.5 Å². The first-order chi connectivity index (χ1) is 14.2. The Morgan fingerprint density at radius 2 is 1.70 bits per heavy atom. The highest BCUT2D eigenvalue weighted by Gasteiger charge is 2.46. The smallest absolute Gasteiger partial charge is 0.262 e. The van der Waals surface area contributed by atoms with Gasteiger partial charge in [0, 0.05) is 0 Å². The molecule has 0 aromatic heterocycles. The minimum atomic E-state index is -1.19. The van der Waals surface area contributed by atoms with Gasteiger partial charge in [0.05, 0.1) is 28.8 Å². The topological polar surface area (TPSA) is 77.9 Å². The third-order valence-corrected chi connectivity index (χ3v) is 5.89. The van der Waals surface area contributed by atoms with Gasteiger partial charge in [-0.2, -0.15) is 0 Å². The third kappa shape index (κ3) is 3.39. The Kier molecular flexibility index (Phi) is 4.94. The van der Waals surface area contributed by atoms with E-state index in [4.69, 9.17) is 0 Å². The number of carbonyl (C=O) groups excluding carboxylic acids is 3. The van der Waals surface area contributed by atoms with Crippen LogP contribution in [-0.2, 0) is 4.79 Å². The number of halogens is 1. The van der Waals surface area contributed by atoms with E-state index < -0.39 is 47.8 Å². The standard InChI is InChI=1S/C23H23FN2O4/c1-23(2,30)19-11-10-18(14-6-5-7-15(24)12-14)26(19)20(27)13-25-21(28)16-8-3-4-9-17(16)22(25)29/h3-9,12,18-19,30H,10-11,13H2,1-2H3/t18-,19+/m0/s1. The van der Waals surface area contributed by atoms with Crippen LogP contribution in [0.4, 0.5) is 4.39 Å². The monoisotopic (exact) mass is 410 g/mol. The molecule has 2 aromatic carbocycles. The molecule has 2 aliphatic rings. The molecule has 2 aromatic rings. The van der Waals surface area contributed by atoms with Crippen LogP contribution in [0.5, 0.6) is 0 Å². The van der Waals surface area contributed by atoms with Crippen LogP contribution in [-0.4, -0.2) is 50.8 Å². The molecule has 2 aliphatic heterocycles. The molecule has 2 atom stereocenters. The number of imide groups is 1. The number of amides is 3. The van der Waals surface area contributed by atoms with Gasteiger partial charge in [-0.25, -0.2) is 4.39 Å². The van der Waals surface area contributed by atoms with Gasteiger partial charge in [0.1, 0.15) is 12.4 Å². The summed E-state index contributed by atoms with van der Waals surface area (Å²) in [7, 11) is 0. The second-order valence-corrected chi connectivity index (χ2v) is 8.36. The molecule has 0 bridgehead atoms. The van der Waals surface area contributed by atoms with E-state index in [9.17, 15) is 23.9 Å². The maximum atomic E-state index is 13.8. The second kappa shape index (κ2) is 7.32. The molecule has 0 unspecified atom stereocenters. The molecule has 0 aliphatic carbocycles. The molecular weight excluding hydrogens is 387 g/mol. The summed E-state index contributed by atoms with van der Waals surface area (Å²) >= 11 is 0. The van der Waals surface area contributed by atoms with Gasteiger partial charge in [0.2, 0.25) is 5.91 Å². The number of benzene rings is 2. The van der Waals surface area contributed by atoms with Crippen molar-refractivity contribution in [2.75, 3.05) is 6.54 Å². The molecule has 1 saturated heterocycles. The van der Waals surface area contributed by atoms with Crippen LogP contribution in [0, 0.1) is 5.82 Å². The molecule has 156 valence electrons. The lowest BCUT2D eigenvalue weighted by molar-refractivity contribution is -0.139. The number of aliphatic hydroxyl groups is 1. The quantitative estimate of drug-likeness (QED) is 0.787. The van der Waals surface area contributed by atoms with Crippen LogP contribution in [0.1, 0.15) is 59.0 Å². The van der Waals surface area contributed by atoms with E-state index in [0.717, 1.165) is 4.90 Å². The van der Waals surface area contributed by atoms with Crippen LogP contribution in [0.2, 0.25) is 0 Å². The van der Waals surface area contributed by atoms with Crippen molar-refractivity contribution in [3.05, 3.63) is 71.0 Å². The van der Waals surface area contributed by atoms with Crippen molar-refractivity contribution >= 4 is 17.7 Å². The molecule has 1 fully saturated rings. The molecule has 1 N–H and O–H groups in total. The summed E-state index contributed by atoms with van der Waals surface area (Å²) in [5.74, 6) is -1.88. The van der Waals surface area contributed by atoms with Gasteiger partial charge < -0.3 is 10.0 Å². The van der Waals surface area contributed by atoms with E-state index in [1.165, 1.54) is 17.0 Å². The van der Waals surface area contributed by atoms with Crippen LogP contribution < -0.4 is 0 Å². The van der Waals surface area contributed by atoms with Crippen molar-refractivity contribution in [2.45, 2.75) is 44.4 Å². The summed E-state index contributed by atoms with van der Waals surface area (Å²) in [6.07, 6.45) is 1.07. The molecule has 3 amide bonds. The lowest BCUT2D eigenvalue weighted by atomic mass is 9.96. The summed E-state index contributed by atoms with van der Waals surface area (Å²) in [5, 5.41) is 10.6. The van der Waals surface area contributed by atoms with Crippen LogP contribution >= 0.6 is 0 Å². The van der Waals surface area contributed by atoms with Crippen molar-refractivity contribution in [2.24, 2.45) is 0 Å². The molecule has 0 saturated carbocycles. The Morgan fingerprint density at radius 1 is 1.07 bits per heavy atom. The Labute approximate surface area is 173 Å². The number of nitrogens with zero attached hydrogens (tertiary/aromatic N) is 2. The predicted molar refractivity (Wildman–Crippen MR) is 107 cm³/mol. The average molecular weight is 410 g/mol. The molecule has 0 radical (unpaired) electrons. The fraction of sp³-hybridized carbons (Fsp3) is 0.348. The zero-order valence-corrected chi connectivity index (χ0v) is 16.8. The van der Waals surface area contributed by atoms with E-state index in [1.807, 2.05) is 0 Å². The molecule has 0 spiro atoms. The zero-order valence-electron chi connectivity index (χ0n) is 16.8. The van der Waals surface area contributed by atoms with Gasteiger partial charge in [-0.15, -0.1) is 0 Å². The fourth-order valence-electron chi connectivity index (χ4n) is 4.49. The number of carbonyl (C=O) groups is 3. The Balaban J connectivity index is 1.64. The predicted octanol–water partition coefficient (Wildman–Crippen LogP) is 2.92. The SMILES string of the molecule is CC(C)(O)[C@H]1CC[C@@H](c2cccc(F)c2)N1C(=O)CN1C(=O)c2ccccc2C1=O. The first-order valence-corrected chi connectivity index (χ1v) is 9.92. The highest BCUT2D eigenvalue weighted by molar-refractivity contribution is 6.22. The first kappa shape index (κ1) is 20.2. The van der Waals surface area contributed by atoms with E-state index in [0.29, 0.717) is 18.4 Å². The van der Waals surface area contributed by atoms with Crippen molar-refractivity contribution in [1.82, 2.24) is 9.80 Å². The van der Waals surface area contributed by atoms with E-state index >= 15 is 0 Å². The summed E-state index contributed by atoms with van der Waals surface area (Å²) in [4.78, 5) is 41.1. The number of hydrogen-bond acceptors (Lipinski definition) is 4. The van der Waals surface area contributed by atoms with Gasteiger partial charge in [0.15, 0.2) is 0 Å². The van der Waals surface area contributed by atoms with Gasteiger partial charge in [-0.3, -0.25) is 19.3 Å². The summed E-state index contributed by atoms with van der Waals surface area (Å²) in [5.41, 5.74) is -0.0213. The summed E-state index contributed by atoms with van der Waals surface area (Å²) in [6.45, 7) is 2.81. The molecule has 7 heteroatoms. The molecule has 2 heterocycles. The van der Waals surface area contributed by atoms with Crippen molar-refractivity contribution in [3.8, 4) is 0 Å². The van der Waals surface area contributed by atoms with Crippen molar-refractivity contribution in [3.63, 3.8) is 0 Å². The van der Waals surface area contributed by atoms with Gasteiger partial charge in [-0.1, -0.05) is 24.3 Å². The molecule has 4 rings (SSSR count). The largest absolute Gasteiger partial charge is 0.388 e. The maximum Gasteiger partial charge on any atom is 0.262 e. The highest BCUT2D eigenvalue weighted by atomic mass is 19.1. The number of fused-ring (bicyclic) bond motifs is 1. The van der Waals surface area contributed by atoms with E-state index in [-0.39, 0.29) is 11.1 Å². The lowest BCUT2D eigenvalue weighted by Gasteiger charge is -2.37. The Hall–Kier alpha value is -3.06.